The van der Waals surface area contributed by atoms with Crippen LogP contribution in [0.1, 0.15) is 11.1 Å². The monoisotopic (exact) mass is 444 g/mol. The van der Waals surface area contributed by atoms with Gasteiger partial charge in [0.2, 0.25) is 0 Å². The molecule has 28 heavy (non-hydrogen) atoms. The number of rotatable bonds is 3. The molecule has 0 radical (unpaired) electrons. The standard InChI is InChI=1S/C19H12Cl2O5S.Na/c20-14-9-11(5-7-16(14)22)19(12-6-8-17(23)15(21)10-12)13-3-1-2-4-18(13)27(24,25)26;/h1-10,22H,(H,24,25,26);/q;+1/p-1/b19-12-;. The van der Waals surface area contributed by atoms with E-state index < -0.39 is 20.8 Å². The Morgan fingerprint density at radius 2 is 1.71 bits per heavy atom. The molecule has 1 aliphatic rings. The van der Waals surface area contributed by atoms with Gasteiger partial charge in [0.1, 0.15) is 15.9 Å². The molecule has 0 aromatic heterocycles. The third-order valence-electron chi connectivity index (χ3n) is 3.88. The van der Waals surface area contributed by atoms with Crippen molar-refractivity contribution >= 4 is 44.7 Å². The summed E-state index contributed by atoms with van der Waals surface area (Å²) in [6, 6.07) is 9.97. The molecule has 0 saturated heterocycles. The Balaban J connectivity index is 0.00000280. The zero-order valence-corrected chi connectivity index (χ0v) is 18.8. The van der Waals surface area contributed by atoms with E-state index in [-0.39, 0.29) is 50.9 Å². The zero-order chi connectivity index (χ0) is 19.8. The number of benzene rings is 2. The maximum absolute atomic E-state index is 11.8. The molecular weight excluding hydrogens is 434 g/mol. The van der Waals surface area contributed by atoms with E-state index in [2.05, 4.69) is 0 Å². The predicted octanol–water partition coefficient (Wildman–Crippen LogP) is 1.02. The number of hydrogen-bond acceptors (Lipinski definition) is 5. The van der Waals surface area contributed by atoms with Crippen molar-refractivity contribution in [3.05, 3.63) is 87.4 Å². The second kappa shape index (κ2) is 8.97. The van der Waals surface area contributed by atoms with Gasteiger partial charge in [-0.25, -0.2) is 8.42 Å². The average molecular weight is 445 g/mol. The molecule has 3 rings (SSSR count). The Bertz CT molecular complexity index is 1150. The quantitative estimate of drug-likeness (QED) is 0.563. The van der Waals surface area contributed by atoms with Gasteiger partial charge in [0.15, 0.2) is 5.78 Å². The van der Waals surface area contributed by atoms with Gasteiger partial charge in [-0.15, -0.1) is 0 Å². The van der Waals surface area contributed by atoms with E-state index in [1.807, 2.05) is 0 Å². The smallest absolute Gasteiger partial charge is 0.744 e. The third kappa shape index (κ3) is 4.78. The van der Waals surface area contributed by atoms with E-state index in [9.17, 15) is 22.9 Å². The van der Waals surface area contributed by atoms with Crippen molar-refractivity contribution < 1.29 is 52.4 Å². The van der Waals surface area contributed by atoms with Crippen molar-refractivity contribution in [3.8, 4) is 5.75 Å². The molecule has 0 saturated carbocycles. The molecule has 0 spiro atoms. The van der Waals surface area contributed by atoms with Crippen molar-refractivity contribution in [2.24, 2.45) is 0 Å². The van der Waals surface area contributed by atoms with Crippen LogP contribution in [-0.4, -0.2) is 23.9 Å². The van der Waals surface area contributed by atoms with Gasteiger partial charge in [-0.3, -0.25) is 4.79 Å². The molecule has 0 aliphatic heterocycles. The Labute approximate surface area is 194 Å². The van der Waals surface area contributed by atoms with Crippen LogP contribution in [0.15, 0.2) is 76.2 Å². The molecule has 0 atom stereocenters. The van der Waals surface area contributed by atoms with Crippen molar-refractivity contribution in [1.29, 1.82) is 0 Å². The molecule has 138 valence electrons. The molecule has 5 nitrogen and oxygen atoms in total. The number of allylic oxidation sites excluding steroid dienone is 5. The van der Waals surface area contributed by atoms with Crippen LogP contribution in [0, 0.1) is 0 Å². The first-order valence-corrected chi connectivity index (χ1v) is 9.73. The summed E-state index contributed by atoms with van der Waals surface area (Å²) in [5.41, 5.74) is 1.30. The van der Waals surface area contributed by atoms with Gasteiger partial charge in [0.25, 0.3) is 0 Å². The first-order chi connectivity index (χ1) is 12.7. The number of phenols is 1. The van der Waals surface area contributed by atoms with Crippen LogP contribution in [0.4, 0.5) is 0 Å². The van der Waals surface area contributed by atoms with Crippen LogP contribution in [0.25, 0.3) is 5.57 Å². The fraction of sp³-hybridized carbons (Fsp3) is 0. The predicted molar refractivity (Wildman–Crippen MR) is 102 cm³/mol. The maximum Gasteiger partial charge on any atom is 1.00 e. The molecule has 1 N–H and O–H groups in total. The van der Waals surface area contributed by atoms with Crippen LogP contribution in [0.5, 0.6) is 5.75 Å². The van der Waals surface area contributed by atoms with Gasteiger partial charge in [0.05, 0.1) is 15.0 Å². The van der Waals surface area contributed by atoms with Gasteiger partial charge in [-0.2, -0.15) is 0 Å². The number of phenolic OH excluding ortho intramolecular Hbond substituents is 1. The van der Waals surface area contributed by atoms with E-state index in [0.717, 1.165) is 0 Å². The fourth-order valence-corrected chi connectivity index (χ4v) is 3.73. The summed E-state index contributed by atoms with van der Waals surface area (Å²) in [5, 5.41) is 9.66. The molecule has 1 aliphatic carbocycles. The summed E-state index contributed by atoms with van der Waals surface area (Å²) < 4.78 is 35.3. The van der Waals surface area contributed by atoms with Gasteiger partial charge in [-0.05, 0) is 47.1 Å². The van der Waals surface area contributed by atoms with Crippen molar-refractivity contribution in [1.82, 2.24) is 0 Å². The molecule has 0 bridgehead atoms. The zero-order valence-electron chi connectivity index (χ0n) is 14.5. The second-order valence-corrected chi connectivity index (χ2v) is 7.80. The number of hydrogen-bond donors (Lipinski definition) is 1. The summed E-state index contributed by atoms with van der Waals surface area (Å²) in [7, 11) is -4.78. The Morgan fingerprint density at radius 3 is 2.32 bits per heavy atom. The van der Waals surface area contributed by atoms with E-state index in [4.69, 9.17) is 23.2 Å². The minimum absolute atomic E-state index is 0. The first-order valence-electron chi connectivity index (χ1n) is 7.56. The molecular formula is C19H11Cl2NaO5S. The second-order valence-electron chi connectivity index (χ2n) is 5.64. The molecule has 0 unspecified atom stereocenters. The summed E-state index contributed by atoms with van der Waals surface area (Å²) in [6.45, 7) is 0. The van der Waals surface area contributed by atoms with Gasteiger partial charge in [-0.1, -0.05) is 53.5 Å². The first kappa shape index (κ1) is 22.9. The largest absolute Gasteiger partial charge is 1.00 e. The van der Waals surface area contributed by atoms with E-state index in [1.54, 1.807) is 6.07 Å². The van der Waals surface area contributed by atoms with Crippen molar-refractivity contribution in [3.63, 3.8) is 0 Å². The number of carbonyl (C=O) groups is 1. The van der Waals surface area contributed by atoms with Gasteiger partial charge in [0, 0.05) is 5.56 Å². The van der Waals surface area contributed by atoms with Crippen LogP contribution < -0.4 is 29.6 Å². The van der Waals surface area contributed by atoms with Gasteiger partial charge < -0.3 is 9.66 Å². The van der Waals surface area contributed by atoms with Crippen LogP contribution >= 0.6 is 23.2 Å². The summed E-state index contributed by atoms with van der Waals surface area (Å²) in [6.07, 6.45) is 4.10. The Kier molecular flexibility index (Phi) is 7.33. The number of carbonyl (C=O) groups excluding carboxylic acids is 1. The molecule has 0 heterocycles. The maximum atomic E-state index is 11.8. The molecule has 2 aromatic carbocycles. The Morgan fingerprint density at radius 1 is 1.04 bits per heavy atom. The summed E-state index contributed by atoms with van der Waals surface area (Å²) >= 11 is 11.9. The van der Waals surface area contributed by atoms with Crippen molar-refractivity contribution in [2.75, 3.05) is 0 Å². The van der Waals surface area contributed by atoms with E-state index in [1.165, 1.54) is 54.6 Å². The number of aromatic hydroxyl groups is 1. The van der Waals surface area contributed by atoms with Crippen LogP contribution in [-0.2, 0) is 14.9 Å². The van der Waals surface area contributed by atoms with E-state index in [0.29, 0.717) is 16.7 Å². The number of ketones is 1. The minimum Gasteiger partial charge on any atom is -0.744 e. The summed E-state index contributed by atoms with van der Waals surface area (Å²) in [4.78, 5) is 11.2. The molecule has 2 aromatic rings. The summed E-state index contributed by atoms with van der Waals surface area (Å²) in [5.74, 6) is -0.550. The average Bonchev–Trinajstić information content (AvgIpc) is 2.61. The van der Waals surface area contributed by atoms with Crippen LogP contribution in [0.3, 0.4) is 0 Å². The number of halogens is 2. The normalized spacial score (nSPS) is 15.7. The molecule has 9 heteroatoms. The topological polar surface area (TPSA) is 94.5 Å². The Hall–Kier alpha value is -1.38. The molecule has 0 amide bonds. The minimum atomic E-state index is -4.78. The van der Waals surface area contributed by atoms with Crippen LogP contribution in [0.2, 0.25) is 5.02 Å². The third-order valence-corrected chi connectivity index (χ3v) is 5.38. The fourth-order valence-electron chi connectivity index (χ4n) is 2.69. The molecule has 0 fully saturated rings. The SMILES string of the molecule is O=C1C=C/C(=C(\c2ccc(O)c(Cl)c2)c2ccccc2S(=O)(=O)[O-])C=C1Cl.[Na+]. The van der Waals surface area contributed by atoms with Gasteiger partial charge >= 0.3 is 29.6 Å². The van der Waals surface area contributed by atoms with E-state index >= 15 is 0 Å². The van der Waals surface area contributed by atoms with Crippen molar-refractivity contribution in [2.45, 2.75) is 4.90 Å².